The van der Waals surface area contributed by atoms with Gasteiger partial charge >= 0.3 is 0 Å². The van der Waals surface area contributed by atoms with Crippen molar-refractivity contribution < 1.29 is 0 Å². The zero-order chi connectivity index (χ0) is 13.1. The van der Waals surface area contributed by atoms with Gasteiger partial charge in [0.2, 0.25) is 0 Å². The van der Waals surface area contributed by atoms with Crippen molar-refractivity contribution in [3.8, 4) is 0 Å². The Morgan fingerprint density at radius 3 is 2.29 bits per heavy atom. The van der Waals surface area contributed by atoms with Crippen molar-refractivity contribution >= 4 is 0 Å². The average molecular weight is 233 g/mol. The summed E-state index contributed by atoms with van der Waals surface area (Å²) in [4.78, 5) is 0. The number of aryl methyl sites for hydroxylation is 1. The maximum atomic E-state index is 3.62. The highest BCUT2D eigenvalue weighted by Gasteiger charge is 2.18. The van der Waals surface area contributed by atoms with Crippen LogP contribution in [0.5, 0.6) is 0 Å². The molecule has 1 aromatic carbocycles. The molecule has 1 rings (SSSR count). The van der Waals surface area contributed by atoms with Crippen LogP contribution in [0.1, 0.15) is 51.7 Å². The van der Waals surface area contributed by atoms with E-state index in [1.54, 1.807) is 0 Å². The van der Waals surface area contributed by atoms with Gasteiger partial charge in [-0.15, -0.1) is 0 Å². The van der Waals surface area contributed by atoms with E-state index in [0.717, 1.165) is 6.54 Å². The first-order valence-electron chi connectivity index (χ1n) is 6.61. The third-order valence-electron chi connectivity index (χ3n) is 3.13. The molecule has 0 bridgehead atoms. The van der Waals surface area contributed by atoms with Gasteiger partial charge in [0.25, 0.3) is 0 Å². The van der Waals surface area contributed by atoms with Crippen LogP contribution in [0.3, 0.4) is 0 Å². The van der Waals surface area contributed by atoms with Gasteiger partial charge in [-0.25, -0.2) is 0 Å². The summed E-state index contributed by atoms with van der Waals surface area (Å²) in [5.41, 5.74) is 3.00. The SMILES string of the molecule is Cc1cccc(C(CNC(C)(C)C)C(C)C)c1. The Labute approximate surface area is 107 Å². The van der Waals surface area contributed by atoms with Crippen molar-refractivity contribution in [2.45, 2.75) is 53.0 Å². The number of rotatable bonds is 4. The van der Waals surface area contributed by atoms with Crippen LogP contribution >= 0.6 is 0 Å². The van der Waals surface area contributed by atoms with E-state index in [0.29, 0.717) is 11.8 Å². The Hall–Kier alpha value is -0.820. The summed E-state index contributed by atoms with van der Waals surface area (Å²) in [5.74, 6) is 1.25. The highest BCUT2D eigenvalue weighted by atomic mass is 14.9. The van der Waals surface area contributed by atoms with E-state index in [1.807, 2.05) is 0 Å². The monoisotopic (exact) mass is 233 g/mol. The molecule has 1 nitrogen and oxygen atoms in total. The Morgan fingerprint density at radius 1 is 1.18 bits per heavy atom. The number of hydrogen-bond donors (Lipinski definition) is 1. The molecule has 96 valence electrons. The lowest BCUT2D eigenvalue weighted by Crippen LogP contribution is -2.39. The van der Waals surface area contributed by atoms with Gasteiger partial charge in [-0.2, -0.15) is 0 Å². The van der Waals surface area contributed by atoms with E-state index in [9.17, 15) is 0 Å². The molecule has 1 unspecified atom stereocenters. The van der Waals surface area contributed by atoms with Crippen molar-refractivity contribution in [1.82, 2.24) is 5.32 Å². The fourth-order valence-corrected chi connectivity index (χ4v) is 2.06. The Balaban J connectivity index is 2.79. The van der Waals surface area contributed by atoms with E-state index in [4.69, 9.17) is 0 Å². The van der Waals surface area contributed by atoms with Gasteiger partial charge < -0.3 is 5.32 Å². The fraction of sp³-hybridized carbons (Fsp3) is 0.625. The first-order chi connectivity index (χ1) is 7.79. The van der Waals surface area contributed by atoms with E-state index < -0.39 is 0 Å². The molecule has 0 aromatic heterocycles. The molecule has 1 aromatic rings. The number of nitrogens with one attached hydrogen (secondary N) is 1. The lowest BCUT2D eigenvalue weighted by molar-refractivity contribution is 0.372. The van der Waals surface area contributed by atoms with Crippen LogP contribution in [-0.4, -0.2) is 12.1 Å². The lowest BCUT2D eigenvalue weighted by atomic mass is 9.87. The Kier molecular flexibility index (Phi) is 4.76. The highest BCUT2D eigenvalue weighted by Crippen LogP contribution is 2.25. The normalized spacial score (nSPS) is 14.1. The Bertz CT molecular complexity index is 347. The van der Waals surface area contributed by atoms with E-state index >= 15 is 0 Å². The third-order valence-corrected chi connectivity index (χ3v) is 3.13. The predicted molar refractivity (Wildman–Crippen MR) is 76.5 cm³/mol. The number of hydrogen-bond acceptors (Lipinski definition) is 1. The largest absolute Gasteiger partial charge is 0.311 e. The van der Waals surface area contributed by atoms with Gasteiger partial charge in [0, 0.05) is 12.1 Å². The molecule has 1 atom stereocenters. The minimum atomic E-state index is 0.191. The quantitative estimate of drug-likeness (QED) is 0.825. The third kappa shape index (κ3) is 4.91. The van der Waals surface area contributed by atoms with Crippen LogP contribution in [0.4, 0.5) is 0 Å². The molecule has 0 saturated heterocycles. The molecule has 0 fully saturated rings. The van der Waals surface area contributed by atoms with E-state index in [2.05, 4.69) is 71.1 Å². The minimum absolute atomic E-state index is 0.191. The summed E-state index contributed by atoms with van der Waals surface area (Å²) in [6.45, 7) is 14.5. The molecular formula is C16H27N. The Morgan fingerprint density at radius 2 is 1.82 bits per heavy atom. The van der Waals surface area contributed by atoms with Crippen LogP contribution in [0.15, 0.2) is 24.3 Å². The molecule has 0 heterocycles. The summed E-state index contributed by atoms with van der Waals surface area (Å²) >= 11 is 0. The molecule has 0 aliphatic rings. The molecule has 0 spiro atoms. The molecular weight excluding hydrogens is 206 g/mol. The standard InChI is InChI=1S/C16H27N/c1-12(2)15(11-17-16(4,5)6)14-9-7-8-13(3)10-14/h7-10,12,15,17H,11H2,1-6H3. The van der Waals surface area contributed by atoms with Crippen molar-refractivity contribution in [1.29, 1.82) is 0 Å². The smallest absolute Gasteiger partial charge is 0.00967 e. The minimum Gasteiger partial charge on any atom is -0.311 e. The summed E-state index contributed by atoms with van der Waals surface area (Å²) in [6, 6.07) is 8.90. The van der Waals surface area contributed by atoms with Crippen LogP contribution in [0.2, 0.25) is 0 Å². The maximum absolute atomic E-state index is 3.62. The van der Waals surface area contributed by atoms with Crippen molar-refractivity contribution in [3.05, 3.63) is 35.4 Å². The molecule has 0 amide bonds. The van der Waals surface area contributed by atoms with Gasteiger partial charge in [0.05, 0.1) is 0 Å². The molecule has 0 saturated carbocycles. The lowest BCUT2D eigenvalue weighted by Gasteiger charge is -2.28. The molecule has 0 radical (unpaired) electrons. The van der Waals surface area contributed by atoms with Gasteiger partial charge in [-0.1, -0.05) is 43.7 Å². The topological polar surface area (TPSA) is 12.0 Å². The molecule has 17 heavy (non-hydrogen) atoms. The van der Waals surface area contributed by atoms with Crippen molar-refractivity contribution in [2.75, 3.05) is 6.54 Å². The van der Waals surface area contributed by atoms with Gasteiger partial charge in [-0.3, -0.25) is 0 Å². The molecule has 0 aliphatic carbocycles. The van der Waals surface area contributed by atoms with Crippen molar-refractivity contribution in [3.63, 3.8) is 0 Å². The van der Waals surface area contributed by atoms with E-state index in [-0.39, 0.29) is 5.54 Å². The first kappa shape index (κ1) is 14.2. The second-order valence-electron chi connectivity index (χ2n) is 6.40. The summed E-state index contributed by atoms with van der Waals surface area (Å²) in [7, 11) is 0. The van der Waals surface area contributed by atoms with Crippen molar-refractivity contribution in [2.24, 2.45) is 5.92 Å². The predicted octanol–water partition coefficient (Wildman–Crippen LogP) is 4.12. The summed E-state index contributed by atoms with van der Waals surface area (Å²) in [5, 5.41) is 3.62. The molecule has 1 heteroatoms. The zero-order valence-corrected chi connectivity index (χ0v) is 12.2. The van der Waals surface area contributed by atoms with E-state index in [1.165, 1.54) is 11.1 Å². The van der Waals surface area contributed by atoms with Crippen LogP contribution < -0.4 is 5.32 Å². The first-order valence-corrected chi connectivity index (χ1v) is 6.61. The van der Waals surface area contributed by atoms with Gasteiger partial charge in [0.15, 0.2) is 0 Å². The highest BCUT2D eigenvalue weighted by molar-refractivity contribution is 5.26. The number of benzene rings is 1. The summed E-state index contributed by atoms with van der Waals surface area (Å²) in [6.07, 6.45) is 0. The van der Waals surface area contributed by atoms with Crippen LogP contribution in [0, 0.1) is 12.8 Å². The fourth-order valence-electron chi connectivity index (χ4n) is 2.06. The van der Waals surface area contributed by atoms with Gasteiger partial charge in [-0.05, 0) is 45.1 Å². The second-order valence-corrected chi connectivity index (χ2v) is 6.40. The molecule has 0 aliphatic heterocycles. The van der Waals surface area contributed by atoms with Crippen LogP contribution in [-0.2, 0) is 0 Å². The maximum Gasteiger partial charge on any atom is 0.00967 e. The zero-order valence-electron chi connectivity index (χ0n) is 12.2. The summed E-state index contributed by atoms with van der Waals surface area (Å²) < 4.78 is 0. The molecule has 1 N–H and O–H groups in total. The average Bonchev–Trinajstić information content (AvgIpc) is 2.15. The second kappa shape index (κ2) is 5.68. The van der Waals surface area contributed by atoms with Crippen LogP contribution in [0.25, 0.3) is 0 Å². The van der Waals surface area contributed by atoms with Gasteiger partial charge in [0.1, 0.15) is 0 Å².